The van der Waals surface area contributed by atoms with Crippen molar-refractivity contribution in [3.8, 4) is 5.75 Å². The Hall–Kier alpha value is -2.60. The van der Waals surface area contributed by atoms with Gasteiger partial charge in [0.25, 0.3) is 0 Å². The number of benzene rings is 1. The highest BCUT2D eigenvalue weighted by molar-refractivity contribution is 5.93. The predicted octanol–water partition coefficient (Wildman–Crippen LogP) is 3.43. The summed E-state index contributed by atoms with van der Waals surface area (Å²) in [5.74, 6) is 1.60. The SMILES string of the molecule is CCNC(=NCCc1ccncc1C)Nc1cccc(OCCCOC)c1. The Kier molecular flexibility index (Phi) is 9.13. The maximum atomic E-state index is 5.76. The quantitative estimate of drug-likeness (QED) is 0.381. The second-order valence-corrected chi connectivity index (χ2v) is 6.16. The lowest BCUT2D eigenvalue weighted by Crippen LogP contribution is -2.30. The largest absolute Gasteiger partial charge is 0.493 e. The molecule has 0 amide bonds. The molecule has 2 N–H and O–H groups in total. The summed E-state index contributed by atoms with van der Waals surface area (Å²) in [5, 5.41) is 6.63. The van der Waals surface area contributed by atoms with Crippen LogP contribution < -0.4 is 15.4 Å². The molecular weight excluding hydrogens is 340 g/mol. The fourth-order valence-electron chi connectivity index (χ4n) is 2.57. The first-order chi connectivity index (χ1) is 13.2. The Morgan fingerprint density at radius 2 is 2.11 bits per heavy atom. The number of hydrogen-bond acceptors (Lipinski definition) is 4. The number of aliphatic imine (C=N–C) groups is 1. The van der Waals surface area contributed by atoms with E-state index in [0.29, 0.717) is 19.8 Å². The minimum Gasteiger partial charge on any atom is -0.493 e. The molecule has 0 saturated heterocycles. The van der Waals surface area contributed by atoms with Crippen LogP contribution in [0, 0.1) is 6.92 Å². The molecule has 1 heterocycles. The van der Waals surface area contributed by atoms with Crippen LogP contribution in [0.4, 0.5) is 5.69 Å². The number of anilines is 1. The second-order valence-electron chi connectivity index (χ2n) is 6.16. The van der Waals surface area contributed by atoms with Crippen LogP contribution in [0.2, 0.25) is 0 Å². The van der Waals surface area contributed by atoms with E-state index in [1.54, 1.807) is 7.11 Å². The summed E-state index contributed by atoms with van der Waals surface area (Å²) in [6.07, 6.45) is 5.47. The molecule has 6 heteroatoms. The molecule has 0 aliphatic carbocycles. The van der Waals surface area contributed by atoms with Crippen molar-refractivity contribution in [1.29, 1.82) is 0 Å². The van der Waals surface area contributed by atoms with Crippen molar-refractivity contribution >= 4 is 11.6 Å². The van der Waals surface area contributed by atoms with Gasteiger partial charge in [-0.1, -0.05) is 6.07 Å². The molecule has 0 aliphatic rings. The number of nitrogens with one attached hydrogen (secondary N) is 2. The van der Waals surface area contributed by atoms with Gasteiger partial charge in [0, 0.05) is 57.4 Å². The number of ether oxygens (including phenoxy) is 2. The molecule has 1 aromatic heterocycles. The fraction of sp³-hybridized carbons (Fsp3) is 0.429. The van der Waals surface area contributed by atoms with Gasteiger partial charge in [-0.25, -0.2) is 0 Å². The van der Waals surface area contributed by atoms with Crippen molar-refractivity contribution in [3.05, 3.63) is 53.9 Å². The fourth-order valence-corrected chi connectivity index (χ4v) is 2.57. The van der Waals surface area contributed by atoms with E-state index in [4.69, 9.17) is 9.47 Å². The predicted molar refractivity (Wildman–Crippen MR) is 111 cm³/mol. The van der Waals surface area contributed by atoms with Gasteiger partial charge >= 0.3 is 0 Å². The van der Waals surface area contributed by atoms with Gasteiger partial charge in [0.1, 0.15) is 5.75 Å². The Balaban J connectivity index is 1.93. The van der Waals surface area contributed by atoms with E-state index in [1.165, 1.54) is 11.1 Å². The van der Waals surface area contributed by atoms with Gasteiger partial charge in [0.05, 0.1) is 6.61 Å². The molecule has 0 aliphatic heterocycles. The summed E-state index contributed by atoms with van der Waals surface area (Å²) >= 11 is 0. The van der Waals surface area contributed by atoms with Crippen LogP contribution in [0.1, 0.15) is 24.5 Å². The molecule has 2 rings (SSSR count). The van der Waals surface area contributed by atoms with Crippen LogP contribution in [0.3, 0.4) is 0 Å². The molecular formula is C21H30N4O2. The highest BCUT2D eigenvalue weighted by Crippen LogP contribution is 2.17. The number of methoxy groups -OCH3 is 1. The summed E-state index contributed by atoms with van der Waals surface area (Å²) in [4.78, 5) is 8.81. The Labute approximate surface area is 162 Å². The zero-order valence-corrected chi connectivity index (χ0v) is 16.5. The summed E-state index contributed by atoms with van der Waals surface area (Å²) in [6.45, 7) is 6.97. The smallest absolute Gasteiger partial charge is 0.195 e. The van der Waals surface area contributed by atoms with Gasteiger partial charge in [-0.3, -0.25) is 9.98 Å². The third-order valence-corrected chi connectivity index (χ3v) is 3.99. The van der Waals surface area contributed by atoms with E-state index in [-0.39, 0.29) is 0 Å². The number of aryl methyl sites for hydroxylation is 1. The second kappa shape index (κ2) is 11.9. The third kappa shape index (κ3) is 7.66. The van der Waals surface area contributed by atoms with Crippen molar-refractivity contribution in [3.63, 3.8) is 0 Å². The number of hydrogen-bond donors (Lipinski definition) is 2. The van der Waals surface area contributed by atoms with Crippen LogP contribution in [0.25, 0.3) is 0 Å². The van der Waals surface area contributed by atoms with Gasteiger partial charge in [0.2, 0.25) is 0 Å². The van der Waals surface area contributed by atoms with E-state index in [9.17, 15) is 0 Å². The average Bonchev–Trinajstić information content (AvgIpc) is 2.67. The summed E-state index contributed by atoms with van der Waals surface area (Å²) in [7, 11) is 1.70. The molecule has 146 valence electrons. The lowest BCUT2D eigenvalue weighted by atomic mass is 10.1. The molecule has 0 spiro atoms. The molecule has 0 saturated carbocycles. The monoisotopic (exact) mass is 370 g/mol. The van der Waals surface area contributed by atoms with E-state index in [2.05, 4.69) is 40.5 Å². The normalized spacial score (nSPS) is 11.3. The highest BCUT2D eigenvalue weighted by atomic mass is 16.5. The van der Waals surface area contributed by atoms with Crippen molar-refractivity contribution in [1.82, 2.24) is 10.3 Å². The molecule has 0 bridgehead atoms. The molecule has 0 atom stereocenters. The molecule has 1 aromatic carbocycles. The van der Waals surface area contributed by atoms with Crippen molar-refractivity contribution in [2.45, 2.75) is 26.7 Å². The topological polar surface area (TPSA) is 67.8 Å². The molecule has 27 heavy (non-hydrogen) atoms. The van der Waals surface area contributed by atoms with E-state index < -0.39 is 0 Å². The summed E-state index contributed by atoms with van der Waals surface area (Å²) in [6, 6.07) is 9.95. The standard InChI is InChI=1S/C21H30N4O2/c1-4-23-21(24-12-10-18-9-11-22-16-17(18)2)25-19-7-5-8-20(15-19)27-14-6-13-26-3/h5,7-9,11,15-16H,4,6,10,12-14H2,1-3H3,(H2,23,24,25). The maximum Gasteiger partial charge on any atom is 0.195 e. The first-order valence-corrected chi connectivity index (χ1v) is 9.39. The van der Waals surface area contributed by atoms with Crippen molar-refractivity contribution in [2.24, 2.45) is 4.99 Å². The molecule has 2 aromatic rings. The first-order valence-electron chi connectivity index (χ1n) is 9.39. The third-order valence-electron chi connectivity index (χ3n) is 3.99. The van der Waals surface area contributed by atoms with E-state index in [0.717, 1.165) is 36.8 Å². The average molecular weight is 370 g/mol. The Morgan fingerprint density at radius 3 is 2.89 bits per heavy atom. The van der Waals surface area contributed by atoms with Gasteiger partial charge in [-0.15, -0.1) is 0 Å². The Morgan fingerprint density at radius 1 is 1.22 bits per heavy atom. The lowest BCUT2D eigenvalue weighted by Gasteiger charge is -2.13. The Bertz CT molecular complexity index is 719. The number of rotatable bonds is 10. The molecule has 0 unspecified atom stereocenters. The number of guanidine groups is 1. The summed E-state index contributed by atoms with van der Waals surface area (Å²) < 4.78 is 10.8. The van der Waals surface area contributed by atoms with Gasteiger partial charge in [-0.2, -0.15) is 0 Å². The van der Waals surface area contributed by atoms with Crippen molar-refractivity contribution < 1.29 is 9.47 Å². The van der Waals surface area contributed by atoms with Crippen LogP contribution in [0.15, 0.2) is 47.7 Å². The summed E-state index contributed by atoms with van der Waals surface area (Å²) in [5.41, 5.74) is 3.42. The lowest BCUT2D eigenvalue weighted by molar-refractivity contribution is 0.172. The van der Waals surface area contributed by atoms with Crippen LogP contribution >= 0.6 is 0 Å². The van der Waals surface area contributed by atoms with Crippen LogP contribution in [-0.4, -0.2) is 44.4 Å². The van der Waals surface area contributed by atoms with E-state index >= 15 is 0 Å². The van der Waals surface area contributed by atoms with Crippen LogP contribution in [-0.2, 0) is 11.2 Å². The number of aromatic nitrogens is 1. The first kappa shape index (κ1) is 20.7. The highest BCUT2D eigenvalue weighted by Gasteiger charge is 2.02. The van der Waals surface area contributed by atoms with E-state index in [1.807, 2.05) is 36.7 Å². The van der Waals surface area contributed by atoms with Gasteiger partial charge in [-0.05, 0) is 49.6 Å². The minimum absolute atomic E-state index is 0.636. The van der Waals surface area contributed by atoms with Crippen molar-refractivity contribution in [2.75, 3.05) is 38.7 Å². The van der Waals surface area contributed by atoms with Crippen LogP contribution in [0.5, 0.6) is 5.75 Å². The van der Waals surface area contributed by atoms with Gasteiger partial charge in [0.15, 0.2) is 5.96 Å². The maximum absolute atomic E-state index is 5.76. The van der Waals surface area contributed by atoms with Gasteiger partial charge < -0.3 is 20.1 Å². The molecule has 6 nitrogen and oxygen atoms in total. The molecule has 0 fully saturated rings. The molecule has 0 radical (unpaired) electrons. The minimum atomic E-state index is 0.636. The number of nitrogens with zero attached hydrogens (tertiary/aromatic N) is 2. The zero-order valence-electron chi connectivity index (χ0n) is 16.5. The zero-order chi connectivity index (χ0) is 19.3. The number of pyridine rings is 1.